The number of rotatable bonds is 8. The number of Topliss-reactive ketones (excluding diaryl/α,β-unsaturated/α-hetero) is 3. The van der Waals surface area contributed by atoms with Crippen LogP contribution in [0.1, 0.15) is 175 Å². The summed E-state index contributed by atoms with van der Waals surface area (Å²) in [6, 6.07) is 29.3. The number of nitrogens with zero attached hydrogens (tertiary/aromatic N) is 3. The van der Waals surface area contributed by atoms with Gasteiger partial charge in [-0.05, 0) is 162 Å². The van der Waals surface area contributed by atoms with Crippen molar-refractivity contribution >= 4 is 17.3 Å². The molecule has 0 bridgehead atoms. The molecule has 0 spiro atoms. The highest BCUT2D eigenvalue weighted by Gasteiger charge is 2.52. The summed E-state index contributed by atoms with van der Waals surface area (Å²) in [5, 5.41) is 0. The molecule has 6 fully saturated rings. The van der Waals surface area contributed by atoms with Gasteiger partial charge in [0.2, 0.25) is 0 Å². The van der Waals surface area contributed by atoms with Crippen LogP contribution in [0.15, 0.2) is 78.9 Å². The monoisotopic (exact) mass is 810 g/mol. The Balaban J connectivity index is 1.00. The molecule has 320 valence electrons. The lowest BCUT2D eigenvalue weighted by Gasteiger charge is -2.53. The highest BCUT2D eigenvalue weighted by molar-refractivity contribution is 5.92. The van der Waals surface area contributed by atoms with Crippen molar-refractivity contribution in [1.82, 2.24) is 14.7 Å². The molecule has 0 N–H and O–H groups in total. The molecule has 60 heavy (non-hydrogen) atoms. The molecular weight excluding hydrogens is 739 g/mol. The predicted octanol–water partition coefficient (Wildman–Crippen LogP) is 11.0. The average molecular weight is 810 g/mol. The van der Waals surface area contributed by atoms with Crippen LogP contribution in [0.2, 0.25) is 0 Å². The van der Waals surface area contributed by atoms with Crippen LogP contribution in [0.25, 0.3) is 0 Å². The van der Waals surface area contributed by atoms with Gasteiger partial charge < -0.3 is 0 Å². The number of benzene rings is 3. The largest absolute Gasteiger partial charge is 0.297 e. The quantitative estimate of drug-likeness (QED) is 0.226. The summed E-state index contributed by atoms with van der Waals surface area (Å²) in [5.41, 5.74) is 4.64. The fraction of sp³-hybridized carbons (Fsp3) is 0.611. The third kappa shape index (κ3) is 7.38. The lowest BCUT2D eigenvalue weighted by atomic mass is 9.69. The van der Waals surface area contributed by atoms with Gasteiger partial charge in [-0.15, -0.1) is 0 Å². The fourth-order valence-corrected chi connectivity index (χ4v) is 13.7. The van der Waals surface area contributed by atoms with Crippen molar-refractivity contribution in [2.24, 2.45) is 5.92 Å². The Hall–Kier alpha value is -3.45. The van der Waals surface area contributed by atoms with Crippen LogP contribution >= 0.6 is 0 Å². The van der Waals surface area contributed by atoms with Gasteiger partial charge >= 0.3 is 0 Å². The standard InChI is InChI=1S/C54H71N3O3/c1-40-17-14-34-56(39-40)53(31-10-7-27-50(53)59)46-23-13-19-44(38-46)48-25-16-35-57(41(48)2)54(32-11-8-28-51(54)60)47-24-12-18-43(37-47)42-20-15-33-55(36-29-42)52(30-9-6-26-49(52)58)45-21-4-3-5-22-45/h3-5,12-13,18-19,21-24,37-38,40-42,48H,6-11,14-17,20,25-36,39H2,1-2H3. The Bertz CT molecular complexity index is 2010. The molecule has 3 saturated heterocycles. The first-order valence-electron chi connectivity index (χ1n) is 24.4. The third-order valence-corrected chi connectivity index (χ3v) is 16.8. The molecule has 0 aromatic heterocycles. The van der Waals surface area contributed by atoms with Gasteiger partial charge in [0.1, 0.15) is 16.6 Å². The van der Waals surface area contributed by atoms with Crippen molar-refractivity contribution < 1.29 is 14.4 Å². The SMILES string of the molecule is CC1CCCN(C2(c3cccc(C4CCCN(C5(c6cccc(C7CCCN(C8(c9ccccc9)CCCCC8=O)CC7)c6)CCCCC5=O)C4C)c3)CCCCC2=O)C1. The molecule has 9 rings (SSSR count). The number of hydrogen-bond acceptors (Lipinski definition) is 6. The van der Waals surface area contributed by atoms with Crippen molar-refractivity contribution in [3.8, 4) is 0 Å². The maximum atomic E-state index is 14.8. The Labute approximate surface area is 360 Å². The molecule has 6 heteroatoms. The third-order valence-electron chi connectivity index (χ3n) is 16.8. The molecule has 3 heterocycles. The molecule has 3 aromatic carbocycles. The first-order chi connectivity index (χ1) is 29.3. The lowest BCUT2D eigenvalue weighted by molar-refractivity contribution is -0.139. The zero-order valence-corrected chi connectivity index (χ0v) is 36.9. The molecular formula is C54H71N3O3. The highest BCUT2D eigenvalue weighted by Crippen LogP contribution is 2.49. The second-order valence-corrected chi connectivity index (χ2v) is 20.1. The lowest BCUT2D eigenvalue weighted by Crippen LogP contribution is -2.59. The van der Waals surface area contributed by atoms with Crippen molar-refractivity contribution in [2.75, 3.05) is 32.7 Å². The normalized spacial score (nSPS) is 34.3. The number of carbonyl (C=O) groups is 3. The van der Waals surface area contributed by atoms with Crippen LogP contribution in [-0.4, -0.2) is 70.8 Å². The van der Waals surface area contributed by atoms with Gasteiger partial charge in [0.25, 0.3) is 0 Å². The molecule has 3 aliphatic carbocycles. The topological polar surface area (TPSA) is 60.9 Å². The number of hydrogen-bond donors (Lipinski definition) is 0. The summed E-state index contributed by atoms with van der Waals surface area (Å²) in [6.07, 6.45) is 18.7. The van der Waals surface area contributed by atoms with Crippen LogP contribution in [0.4, 0.5) is 0 Å². The summed E-state index contributed by atoms with van der Waals surface area (Å²) in [7, 11) is 0. The second kappa shape index (κ2) is 17.7. The minimum absolute atomic E-state index is 0.182. The molecule has 3 aromatic rings. The molecule has 3 saturated carbocycles. The van der Waals surface area contributed by atoms with E-state index in [0.29, 0.717) is 48.4 Å². The molecule has 0 radical (unpaired) electrons. The van der Waals surface area contributed by atoms with Crippen LogP contribution in [0.3, 0.4) is 0 Å². The highest BCUT2D eigenvalue weighted by atomic mass is 16.1. The Morgan fingerprint density at radius 1 is 0.483 bits per heavy atom. The Kier molecular flexibility index (Phi) is 12.4. The maximum absolute atomic E-state index is 14.8. The van der Waals surface area contributed by atoms with E-state index in [2.05, 4.69) is 107 Å². The van der Waals surface area contributed by atoms with Gasteiger partial charge in [-0.2, -0.15) is 0 Å². The number of ketones is 3. The molecule has 7 unspecified atom stereocenters. The van der Waals surface area contributed by atoms with Crippen LogP contribution in [0, 0.1) is 5.92 Å². The van der Waals surface area contributed by atoms with Crippen molar-refractivity contribution in [3.63, 3.8) is 0 Å². The van der Waals surface area contributed by atoms with Crippen LogP contribution in [-0.2, 0) is 31.0 Å². The van der Waals surface area contributed by atoms with E-state index in [0.717, 1.165) is 129 Å². The van der Waals surface area contributed by atoms with Crippen molar-refractivity contribution in [1.29, 1.82) is 0 Å². The zero-order chi connectivity index (χ0) is 41.3. The fourth-order valence-electron chi connectivity index (χ4n) is 13.7. The Morgan fingerprint density at radius 3 is 1.70 bits per heavy atom. The van der Waals surface area contributed by atoms with Crippen LogP contribution < -0.4 is 0 Å². The van der Waals surface area contributed by atoms with E-state index in [4.69, 9.17) is 0 Å². The summed E-state index contributed by atoms with van der Waals surface area (Å²) in [6.45, 7) is 9.53. The van der Waals surface area contributed by atoms with E-state index >= 15 is 0 Å². The average Bonchev–Trinajstić information content (AvgIpc) is 3.55. The van der Waals surface area contributed by atoms with E-state index in [-0.39, 0.29) is 12.0 Å². The minimum Gasteiger partial charge on any atom is -0.297 e. The van der Waals surface area contributed by atoms with E-state index in [1.165, 1.54) is 34.2 Å². The van der Waals surface area contributed by atoms with Gasteiger partial charge in [-0.1, -0.05) is 105 Å². The Morgan fingerprint density at radius 2 is 1.03 bits per heavy atom. The second-order valence-electron chi connectivity index (χ2n) is 20.1. The summed E-state index contributed by atoms with van der Waals surface area (Å²) in [4.78, 5) is 50.7. The number of carbonyl (C=O) groups excluding carboxylic acids is 3. The maximum Gasteiger partial charge on any atom is 0.157 e. The van der Waals surface area contributed by atoms with Crippen molar-refractivity contribution in [2.45, 2.75) is 170 Å². The van der Waals surface area contributed by atoms with Gasteiger partial charge in [-0.3, -0.25) is 29.1 Å². The number of piperidine rings is 2. The number of likely N-dealkylation sites (tertiary alicyclic amines) is 3. The summed E-state index contributed by atoms with van der Waals surface area (Å²) >= 11 is 0. The van der Waals surface area contributed by atoms with Crippen molar-refractivity contribution in [3.05, 3.63) is 107 Å². The summed E-state index contributed by atoms with van der Waals surface area (Å²) in [5.74, 6) is 2.51. The van der Waals surface area contributed by atoms with E-state index in [9.17, 15) is 14.4 Å². The van der Waals surface area contributed by atoms with Gasteiger partial charge in [0.15, 0.2) is 17.3 Å². The van der Waals surface area contributed by atoms with E-state index in [1.807, 2.05) is 0 Å². The first kappa shape index (κ1) is 41.9. The van der Waals surface area contributed by atoms with Gasteiger partial charge in [0.05, 0.1) is 0 Å². The van der Waals surface area contributed by atoms with Gasteiger partial charge in [0, 0.05) is 31.8 Å². The van der Waals surface area contributed by atoms with E-state index in [1.54, 1.807) is 0 Å². The van der Waals surface area contributed by atoms with Gasteiger partial charge in [-0.25, -0.2) is 0 Å². The molecule has 6 aliphatic rings. The first-order valence-corrected chi connectivity index (χ1v) is 24.4. The minimum atomic E-state index is -0.628. The smallest absolute Gasteiger partial charge is 0.157 e. The van der Waals surface area contributed by atoms with Crippen LogP contribution in [0.5, 0.6) is 0 Å². The molecule has 3 aliphatic heterocycles. The summed E-state index contributed by atoms with van der Waals surface area (Å²) < 4.78 is 0. The molecule has 7 atom stereocenters. The molecule has 0 amide bonds. The van der Waals surface area contributed by atoms with E-state index < -0.39 is 16.6 Å². The predicted molar refractivity (Wildman–Crippen MR) is 241 cm³/mol. The zero-order valence-electron chi connectivity index (χ0n) is 36.9. The molecule has 6 nitrogen and oxygen atoms in total.